The first-order valence-electron chi connectivity index (χ1n) is 9.52. The van der Waals surface area contributed by atoms with Crippen LogP contribution >= 0.6 is 23.1 Å². The van der Waals surface area contributed by atoms with Crippen LogP contribution in [-0.4, -0.2) is 59.3 Å². The van der Waals surface area contributed by atoms with Gasteiger partial charge in [0.1, 0.15) is 5.75 Å². The zero-order valence-corrected chi connectivity index (χ0v) is 18.2. The Morgan fingerprint density at radius 2 is 1.77 bits per heavy atom. The van der Waals surface area contributed by atoms with Gasteiger partial charge in [-0.1, -0.05) is 11.6 Å². The van der Waals surface area contributed by atoms with Crippen molar-refractivity contribution in [2.75, 3.05) is 33.4 Å². The summed E-state index contributed by atoms with van der Waals surface area (Å²) < 4.78 is 12.3. The van der Waals surface area contributed by atoms with Gasteiger partial charge in [0.25, 0.3) is 11.8 Å². The molecule has 1 aliphatic heterocycles. The molecule has 8 nitrogen and oxygen atoms in total. The molecule has 10 heteroatoms. The maximum atomic E-state index is 13.1. The summed E-state index contributed by atoms with van der Waals surface area (Å²) in [5, 5.41) is 4.99. The second-order valence-corrected chi connectivity index (χ2v) is 8.00. The Kier molecular flexibility index (Phi) is 6.45. The van der Waals surface area contributed by atoms with Gasteiger partial charge in [-0.2, -0.15) is 9.06 Å². The van der Waals surface area contributed by atoms with Crippen LogP contribution < -0.4 is 9.41 Å². The van der Waals surface area contributed by atoms with Gasteiger partial charge in [-0.15, -0.1) is 5.10 Å². The second-order valence-electron chi connectivity index (χ2n) is 6.64. The lowest BCUT2D eigenvalue weighted by Crippen LogP contribution is -2.42. The molecule has 0 bridgehead atoms. The van der Waals surface area contributed by atoms with E-state index < -0.39 is 5.91 Å². The average molecular weight is 459 g/mol. The maximum Gasteiger partial charge on any atom is 0.278 e. The van der Waals surface area contributed by atoms with E-state index in [1.165, 1.54) is 0 Å². The third-order valence-corrected chi connectivity index (χ3v) is 5.83. The van der Waals surface area contributed by atoms with Crippen molar-refractivity contribution in [2.24, 2.45) is 4.99 Å². The van der Waals surface area contributed by atoms with Crippen LogP contribution in [0.5, 0.6) is 5.75 Å². The highest BCUT2D eigenvalue weighted by Gasteiger charge is 2.24. The van der Waals surface area contributed by atoms with Gasteiger partial charge < -0.3 is 14.4 Å². The molecule has 0 saturated carbocycles. The largest absolute Gasteiger partial charge is 0.497 e. The number of aromatic nitrogens is 2. The van der Waals surface area contributed by atoms with E-state index in [1.54, 1.807) is 52.5 Å². The van der Waals surface area contributed by atoms with Crippen molar-refractivity contribution in [1.82, 2.24) is 14.1 Å². The van der Waals surface area contributed by atoms with Crippen molar-refractivity contribution in [1.29, 1.82) is 0 Å². The highest BCUT2D eigenvalue weighted by atomic mass is 35.5. The number of hydrogen-bond donors (Lipinski definition) is 0. The Morgan fingerprint density at radius 1 is 1.10 bits per heavy atom. The lowest BCUT2D eigenvalue weighted by molar-refractivity contribution is 0.0297. The third kappa shape index (κ3) is 4.84. The zero-order valence-electron chi connectivity index (χ0n) is 16.7. The number of nitrogens with zero attached hydrogens (tertiary/aromatic N) is 4. The van der Waals surface area contributed by atoms with E-state index in [0.29, 0.717) is 42.6 Å². The number of rotatable bonds is 4. The molecular weight excluding hydrogens is 440 g/mol. The van der Waals surface area contributed by atoms with E-state index in [0.717, 1.165) is 17.2 Å². The van der Waals surface area contributed by atoms with Gasteiger partial charge in [-0.3, -0.25) is 9.59 Å². The molecule has 0 N–H and O–H groups in total. The summed E-state index contributed by atoms with van der Waals surface area (Å²) in [4.78, 5) is 31.7. The molecule has 3 aromatic rings. The number of carbonyl (C=O) groups is 2. The van der Waals surface area contributed by atoms with Crippen molar-refractivity contribution in [3.63, 3.8) is 0 Å². The molecule has 0 spiro atoms. The van der Waals surface area contributed by atoms with Crippen molar-refractivity contribution in [2.45, 2.75) is 0 Å². The number of morpholine rings is 1. The summed E-state index contributed by atoms with van der Waals surface area (Å²) in [6.45, 7) is 1.85. The molecule has 0 aliphatic carbocycles. The van der Waals surface area contributed by atoms with Gasteiger partial charge in [0.05, 0.1) is 26.0 Å². The van der Waals surface area contributed by atoms with E-state index in [1.807, 2.05) is 12.1 Å². The van der Waals surface area contributed by atoms with Gasteiger partial charge >= 0.3 is 0 Å². The number of ether oxygens (including phenoxy) is 2. The summed E-state index contributed by atoms with van der Waals surface area (Å²) in [6.07, 6.45) is 0. The number of carbonyl (C=O) groups excluding carboxylic acids is 2. The number of halogens is 1. The smallest absolute Gasteiger partial charge is 0.278 e. The second kappa shape index (κ2) is 9.42. The van der Waals surface area contributed by atoms with E-state index in [9.17, 15) is 9.59 Å². The first kappa shape index (κ1) is 21.2. The van der Waals surface area contributed by atoms with Gasteiger partial charge in [0.15, 0.2) is 10.4 Å². The molecule has 0 unspecified atom stereocenters. The minimum Gasteiger partial charge on any atom is -0.497 e. The Hall–Kier alpha value is -3.01. The van der Waals surface area contributed by atoms with Gasteiger partial charge in [0, 0.05) is 23.7 Å². The quantitative estimate of drug-likeness (QED) is 0.600. The Bertz CT molecular complexity index is 1150. The highest BCUT2D eigenvalue weighted by molar-refractivity contribution is 7.04. The average Bonchev–Trinajstić information content (AvgIpc) is 3.23. The normalized spacial score (nSPS) is 14.5. The SMILES string of the molecule is COc1ccc(-n2nc(C(=O)N3CCOCC3)c(=NC(=O)c3ccc(Cl)cc3)s2)cc1. The van der Waals surface area contributed by atoms with E-state index in [-0.39, 0.29) is 16.3 Å². The summed E-state index contributed by atoms with van der Waals surface area (Å²) in [7, 11) is 1.59. The van der Waals surface area contributed by atoms with E-state index in [4.69, 9.17) is 21.1 Å². The third-order valence-electron chi connectivity index (χ3n) is 4.65. The topological polar surface area (TPSA) is 86.0 Å². The minimum absolute atomic E-state index is 0.130. The Balaban J connectivity index is 1.75. The molecule has 1 fully saturated rings. The van der Waals surface area contributed by atoms with E-state index in [2.05, 4.69) is 10.1 Å². The molecular formula is C21H19ClN4O4S. The van der Waals surface area contributed by atoms with E-state index >= 15 is 0 Å². The molecule has 0 radical (unpaired) electrons. The molecule has 2 heterocycles. The van der Waals surface area contributed by atoms with Crippen LogP contribution in [0.15, 0.2) is 53.5 Å². The first-order chi connectivity index (χ1) is 15.0. The fraction of sp³-hybridized carbons (Fsp3) is 0.238. The fourth-order valence-corrected chi connectivity index (χ4v) is 3.95. The number of amides is 2. The van der Waals surface area contributed by atoms with Crippen molar-refractivity contribution in [3.05, 3.63) is 69.5 Å². The number of hydrogen-bond acceptors (Lipinski definition) is 6. The molecule has 31 heavy (non-hydrogen) atoms. The molecule has 1 aromatic heterocycles. The highest BCUT2D eigenvalue weighted by Crippen LogP contribution is 2.16. The Morgan fingerprint density at radius 3 is 2.42 bits per heavy atom. The summed E-state index contributed by atoms with van der Waals surface area (Å²) in [5.74, 6) is -0.0546. The van der Waals surface area contributed by atoms with Crippen molar-refractivity contribution in [3.8, 4) is 11.4 Å². The minimum atomic E-state index is -0.474. The first-order valence-corrected chi connectivity index (χ1v) is 10.7. The lowest BCUT2D eigenvalue weighted by Gasteiger charge is -2.25. The van der Waals surface area contributed by atoms with Crippen LogP contribution in [0.25, 0.3) is 5.69 Å². The lowest BCUT2D eigenvalue weighted by atomic mass is 10.2. The predicted molar refractivity (Wildman–Crippen MR) is 116 cm³/mol. The monoisotopic (exact) mass is 458 g/mol. The van der Waals surface area contributed by atoms with Gasteiger partial charge in [-0.05, 0) is 60.1 Å². The summed E-state index contributed by atoms with van der Waals surface area (Å²) >= 11 is 7.02. The fourth-order valence-electron chi connectivity index (χ4n) is 2.97. The van der Waals surface area contributed by atoms with Crippen LogP contribution in [0.3, 0.4) is 0 Å². The van der Waals surface area contributed by atoms with Crippen molar-refractivity contribution < 1.29 is 19.1 Å². The molecule has 2 aromatic carbocycles. The number of benzene rings is 2. The van der Waals surface area contributed by atoms with Crippen LogP contribution in [-0.2, 0) is 4.74 Å². The molecule has 1 saturated heterocycles. The van der Waals surface area contributed by atoms with Gasteiger partial charge in [0.2, 0.25) is 0 Å². The van der Waals surface area contributed by atoms with Crippen LogP contribution in [0, 0.1) is 0 Å². The molecule has 160 valence electrons. The molecule has 0 atom stereocenters. The standard InChI is InChI=1S/C21H19ClN4O4S/c1-29-17-8-6-16(7-9-17)26-24-18(21(28)25-10-12-30-13-11-25)20(31-26)23-19(27)14-2-4-15(22)5-3-14/h2-9H,10-13H2,1H3. The van der Waals surface area contributed by atoms with Crippen molar-refractivity contribution >= 4 is 34.9 Å². The maximum absolute atomic E-state index is 13.1. The van der Waals surface area contributed by atoms with Crippen LogP contribution in [0.1, 0.15) is 20.8 Å². The zero-order chi connectivity index (χ0) is 21.8. The summed E-state index contributed by atoms with van der Waals surface area (Å²) in [5.41, 5.74) is 1.23. The summed E-state index contributed by atoms with van der Waals surface area (Å²) in [6, 6.07) is 13.6. The number of methoxy groups -OCH3 is 1. The molecule has 1 aliphatic rings. The Labute approximate surface area is 187 Å². The van der Waals surface area contributed by atoms with Crippen LogP contribution in [0.2, 0.25) is 5.02 Å². The van der Waals surface area contributed by atoms with Crippen LogP contribution in [0.4, 0.5) is 0 Å². The molecule has 4 rings (SSSR count). The van der Waals surface area contributed by atoms with Gasteiger partial charge in [-0.25, -0.2) is 0 Å². The molecule has 2 amide bonds. The predicted octanol–water partition coefficient (Wildman–Crippen LogP) is 2.81.